The highest BCUT2D eigenvalue weighted by Crippen LogP contribution is 2.31. The molecule has 30 heavy (non-hydrogen) atoms. The first-order valence-electron chi connectivity index (χ1n) is 9.00. The van der Waals surface area contributed by atoms with Crippen molar-refractivity contribution in [2.75, 3.05) is 14.2 Å². The minimum Gasteiger partial charge on any atom is -0.496 e. The summed E-state index contributed by atoms with van der Waals surface area (Å²) in [6.07, 6.45) is 0. The van der Waals surface area contributed by atoms with Gasteiger partial charge in [0.1, 0.15) is 22.7 Å². The predicted octanol–water partition coefficient (Wildman–Crippen LogP) is 1.91. The molecule has 2 heterocycles. The van der Waals surface area contributed by atoms with Crippen molar-refractivity contribution in [2.45, 2.75) is 4.90 Å². The van der Waals surface area contributed by atoms with Crippen molar-refractivity contribution in [3.8, 4) is 28.4 Å². The normalized spacial score (nSPS) is 11.7. The molecule has 0 atom stereocenters. The van der Waals surface area contributed by atoms with E-state index < -0.39 is 10.0 Å². The number of hydrogen-bond donors (Lipinski definition) is 2. The zero-order valence-corrected chi connectivity index (χ0v) is 17.3. The Morgan fingerprint density at radius 2 is 1.87 bits per heavy atom. The van der Waals surface area contributed by atoms with Gasteiger partial charge in [0, 0.05) is 18.7 Å². The van der Waals surface area contributed by atoms with E-state index in [0.29, 0.717) is 22.3 Å². The highest BCUT2D eigenvalue weighted by Gasteiger charge is 2.20. The molecular formula is C20H19N5O4S. The third-order valence-electron chi connectivity index (χ3n) is 4.75. The smallest absolute Gasteiger partial charge is 0.262 e. The number of methoxy groups -OCH3 is 1. The average Bonchev–Trinajstić information content (AvgIpc) is 3.11. The van der Waals surface area contributed by atoms with Crippen LogP contribution in [0.4, 0.5) is 0 Å². The van der Waals surface area contributed by atoms with Crippen molar-refractivity contribution in [1.29, 1.82) is 0 Å². The maximum atomic E-state index is 13.0. The van der Waals surface area contributed by atoms with Gasteiger partial charge < -0.3 is 9.72 Å². The number of nitrogens with zero attached hydrogens (tertiary/aromatic N) is 3. The van der Waals surface area contributed by atoms with E-state index in [-0.39, 0.29) is 22.0 Å². The van der Waals surface area contributed by atoms with Gasteiger partial charge in [0.25, 0.3) is 5.56 Å². The molecule has 9 nitrogen and oxygen atoms in total. The molecule has 0 aliphatic rings. The molecule has 0 unspecified atom stereocenters. The van der Waals surface area contributed by atoms with Crippen LogP contribution in [-0.2, 0) is 17.1 Å². The third-order valence-corrected chi connectivity index (χ3v) is 6.16. The van der Waals surface area contributed by atoms with Crippen molar-refractivity contribution >= 4 is 21.1 Å². The van der Waals surface area contributed by atoms with Crippen LogP contribution in [0.1, 0.15) is 0 Å². The summed E-state index contributed by atoms with van der Waals surface area (Å²) in [5, 5.41) is 4.85. The number of aromatic amines is 1. The lowest BCUT2D eigenvalue weighted by Crippen LogP contribution is -2.18. The zero-order chi connectivity index (χ0) is 21.5. The standard InChI is InChI=1S/C20H19N5O4S/c1-21-30(27,28)13-9-10-14(15(11-13)29-3)18-22-19-16(20(26)23-18)17(24-25(19)2)12-7-5-4-6-8-12/h4-11,21H,1-3H3,(H,22,23,26). The summed E-state index contributed by atoms with van der Waals surface area (Å²) in [7, 11) is 0.818. The van der Waals surface area contributed by atoms with Gasteiger partial charge >= 0.3 is 0 Å². The number of benzene rings is 2. The number of hydrogen-bond acceptors (Lipinski definition) is 6. The van der Waals surface area contributed by atoms with Gasteiger partial charge in [-0.05, 0) is 19.2 Å². The minimum atomic E-state index is -3.64. The number of fused-ring (bicyclic) bond motifs is 1. The Morgan fingerprint density at radius 3 is 2.53 bits per heavy atom. The first kappa shape index (κ1) is 19.8. The maximum absolute atomic E-state index is 13.0. The van der Waals surface area contributed by atoms with Gasteiger partial charge in [-0.2, -0.15) is 5.10 Å². The van der Waals surface area contributed by atoms with Gasteiger partial charge in [-0.15, -0.1) is 0 Å². The van der Waals surface area contributed by atoms with E-state index >= 15 is 0 Å². The Balaban J connectivity index is 1.92. The molecule has 2 N–H and O–H groups in total. The molecule has 0 amide bonds. The number of nitrogens with one attached hydrogen (secondary N) is 2. The van der Waals surface area contributed by atoms with E-state index in [1.54, 1.807) is 17.8 Å². The summed E-state index contributed by atoms with van der Waals surface area (Å²) in [4.78, 5) is 20.3. The van der Waals surface area contributed by atoms with Gasteiger partial charge in [-0.3, -0.25) is 4.79 Å². The Hall–Kier alpha value is -3.50. The fraction of sp³-hybridized carbons (Fsp3) is 0.150. The van der Waals surface area contributed by atoms with Crippen LogP contribution >= 0.6 is 0 Å². The lowest BCUT2D eigenvalue weighted by atomic mass is 10.1. The number of aryl methyl sites for hydroxylation is 1. The molecule has 0 spiro atoms. The summed E-state index contributed by atoms with van der Waals surface area (Å²) < 4.78 is 33.3. The van der Waals surface area contributed by atoms with Crippen molar-refractivity contribution < 1.29 is 13.2 Å². The number of H-pyrrole nitrogens is 1. The molecule has 0 aliphatic heterocycles. The fourth-order valence-corrected chi connectivity index (χ4v) is 3.98. The van der Waals surface area contributed by atoms with E-state index in [4.69, 9.17) is 4.74 Å². The van der Waals surface area contributed by atoms with Crippen LogP contribution in [0.5, 0.6) is 5.75 Å². The number of rotatable bonds is 5. The summed E-state index contributed by atoms with van der Waals surface area (Å²) >= 11 is 0. The van der Waals surface area contributed by atoms with Crippen LogP contribution < -0.4 is 15.0 Å². The Labute approximate surface area is 172 Å². The summed E-state index contributed by atoms with van der Waals surface area (Å²) in [5.74, 6) is 0.514. The van der Waals surface area contributed by atoms with E-state index in [1.807, 2.05) is 30.3 Å². The molecule has 2 aromatic heterocycles. The largest absolute Gasteiger partial charge is 0.496 e. The van der Waals surface area contributed by atoms with Gasteiger partial charge in [-0.1, -0.05) is 30.3 Å². The van der Waals surface area contributed by atoms with E-state index in [9.17, 15) is 13.2 Å². The lowest BCUT2D eigenvalue weighted by Gasteiger charge is -2.10. The molecule has 0 aliphatic carbocycles. The van der Waals surface area contributed by atoms with Crippen LogP contribution in [-0.4, -0.2) is 42.3 Å². The third kappa shape index (κ3) is 3.25. The number of aromatic nitrogens is 4. The first-order valence-corrected chi connectivity index (χ1v) is 10.5. The second-order valence-corrected chi connectivity index (χ2v) is 8.41. The van der Waals surface area contributed by atoms with Crippen LogP contribution in [0, 0.1) is 0 Å². The quantitative estimate of drug-likeness (QED) is 0.504. The van der Waals surface area contributed by atoms with Crippen LogP contribution in [0.2, 0.25) is 0 Å². The monoisotopic (exact) mass is 425 g/mol. The van der Waals surface area contributed by atoms with Crippen LogP contribution in [0.15, 0.2) is 58.2 Å². The topological polar surface area (TPSA) is 119 Å². The van der Waals surface area contributed by atoms with Gasteiger partial charge in [0.05, 0.1) is 17.6 Å². The molecule has 2 aromatic carbocycles. The van der Waals surface area contributed by atoms with E-state index in [0.717, 1.165) is 5.56 Å². The van der Waals surface area contributed by atoms with Crippen molar-refractivity contribution in [3.63, 3.8) is 0 Å². The second-order valence-electron chi connectivity index (χ2n) is 6.52. The summed E-state index contributed by atoms with van der Waals surface area (Å²) in [5.41, 5.74) is 1.85. The molecule has 0 radical (unpaired) electrons. The van der Waals surface area contributed by atoms with Gasteiger partial charge in [0.2, 0.25) is 10.0 Å². The molecule has 0 saturated heterocycles. The molecular weight excluding hydrogens is 406 g/mol. The Morgan fingerprint density at radius 1 is 1.13 bits per heavy atom. The molecule has 4 rings (SSSR count). The highest BCUT2D eigenvalue weighted by molar-refractivity contribution is 7.89. The minimum absolute atomic E-state index is 0.0425. The Kier molecular flexibility index (Phi) is 4.88. The van der Waals surface area contributed by atoms with Crippen molar-refractivity contribution in [3.05, 3.63) is 58.9 Å². The van der Waals surface area contributed by atoms with Crippen LogP contribution in [0.25, 0.3) is 33.7 Å². The predicted molar refractivity (Wildman–Crippen MR) is 113 cm³/mol. The first-order chi connectivity index (χ1) is 14.4. The van der Waals surface area contributed by atoms with Crippen LogP contribution in [0.3, 0.4) is 0 Å². The molecule has 0 saturated carbocycles. The number of ether oxygens (including phenoxy) is 1. The second kappa shape index (κ2) is 7.39. The lowest BCUT2D eigenvalue weighted by molar-refractivity contribution is 0.414. The van der Waals surface area contributed by atoms with Crippen molar-refractivity contribution in [1.82, 2.24) is 24.5 Å². The van der Waals surface area contributed by atoms with E-state index in [2.05, 4.69) is 19.8 Å². The maximum Gasteiger partial charge on any atom is 0.262 e. The van der Waals surface area contributed by atoms with Gasteiger partial charge in [0.15, 0.2) is 5.65 Å². The SMILES string of the molecule is CNS(=O)(=O)c1ccc(-c2nc3c(c(-c4ccccc4)nn3C)c(=O)[nH]2)c(OC)c1. The summed E-state index contributed by atoms with van der Waals surface area (Å²) in [6, 6.07) is 13.7. The average molecular weight is 425 g/mol. The Bertz CT molecular complexity index is 1410. The van der Waals surface area contributed by atoms with Crippen molar-refractivity contribution in [2.24, 2.45) is 7.05 Å². The van der Waals surface area contributed by atoms with Gasteiger partial charge in [-0.25, -0.2) is 22.8 Å². The molecule has 10 heteroatoms. The molecule has 4 aromatic rings. The highest BCUT2D eigenvalue weighted by atomic mass is 32.2. The van der Waals surface area contributed by atoms with E-state index in [1.165, 1.54) is 26.3 Å². The molecule has 0 bridgehead atoms. The fourth-order valence-electron chi connectivity index (χ4n) is 3.23. The summed E-state index contributed by atoms with van der Waals surface area (Å²) in [6.45, 7) is 0. The zero-order valence-electron chi connectivity index (χ0n) is 16.5. The molecule has 0 fully saturated rings. The molecule has 154 valence electrons. The number of sulfonamides is 1.